The van der Waals surface area contributed by atoms with Crippen LogP contribution in [0.5, 0.6) is 5.75 Å². The maximum absolute atomic E-state index is 12.4. The highest BCUT2D eigenvalue weighted by Crippen LogP contribution is 2.27. The average molecular weight is 452 g/mol. The minimum absolute atomic E-state index is 0.00453. The Morgan fingerprint density at radius 3 is 2.75 bits per heavy atom. The summed E-state index contributed by atoms with van der Waals surface area (Å²) in [5, 5.41) is 11.5. The summed E-state index contributed by atoms with van der Waals surface area (Å²) in [6.07, 6.45) is 3.34. The van der Waals surface area contributed by atoms with Gasteiger partial charge in [-0.15, -0.1) is 10.2 Å². The van der Waals surface area contributed by atoms with E-state index < -0.39 is 11.8 Å². The fraction of sp³-hybridized carbons (Fsp3) is 0.182. The number of hydrogen-bond acceptors (Lipinski definition) is 7. The van der Waals surface area contributed by atoms with Crippen molar-refractivity contribution < 1.29 is 18.7 Å². The molecule has 0 aliphatic heterocycles. The molecule has 0 unspecified atom stereocenters. The SMILES string of the molecule is COc1cccc(-c2nnc(SCC(=O)NC(=O)c3cccn3C)n2Cc2ccco2)c1. The standard InChI is InChI=1S/C22H21N5O4S/c1-26-10-4-9-18(26)21(29)23-19(28)14-32-22-25-24-20(15-6-3-7-16(12-15)30-2)27(22)13-17-8-5-11-31-17/h3-12H,13-14H2,1-2H3,(H,23,28,29). The lowest BCUT2D eigenvalue weighted by molar-refractivity contribution is -0.117. The minimum Gasteiger partial charge on any atom is -0.497 e. The van der Waals surface area contributed by atoms with Crippen molar-refractivity contribution in [3.63, 3.8) is 0 Å². The molecule has 9 nitrogen and oxygen atoms in total. The van der Waals surface area contributed by atoms with Crippen molar-refractivity contribution in [1.82, 2.24) is 24.6 Å². The van der Waals surface area contributed by atoms with E-state index in [1.807, 2.05) is 34.9 Å². The van der Waals surface area contributed by atoms with Crippen LogP contribution in [0.1, 0.15) is 16.2 Å². The minimum atomic E-state index is -0.447. The van der Waals surface area contributed by atoms with Gasteiger partial charge in [0.25, 0.3) is 5.91 Å². The quantitative estimate of drug-likeness (QED) is 0.411. The summed E-state index contributed by atoms with van der Waals surface area (Å²) in [4.78, 5) is 24.6. The second kappa shape index (κ2) is 9.56. The highest BCUT2D eigenvalue weighted by atomic mass is 32.2. The van der Waals surface area contributed by atoms with Gasteiger partial charge in [0.1, 0.15) is 17.2 Å². The van der Waals surface area contributed by atoms with Crippen LogP contribution in [0.2, 0.25) is 0 Å². The molecule has 4 aromatic rings. The number of benzene rings is 1. The van der Waals surface area contributed by atoms with Crippen molar-refractivity contribution in [2.75, 3.05) is 12.9 Å². The number of aromatic nitrogens is 4. The number of amides is 2. The van der Waals surface area contributed by atoms with E-state index in [1.54, 1.807) is 49.4 Å². The van der Waals surface area contributed by atoms with Crippen LogP contribution in [-0.4, -0.2) is 44.0 Å². The molecule has 0 fully saturated rings. The van der Waals surface area contributed by atoms with Crippen LogP contribution in [0.4, 0.5) is 0 Å². The first-order valence-corrected chi connectivity index (χ1v) is 10.7. The molecule has 10 heteroatoms. The smallest absolute Gasteiger partial charge is 0.274 e. The Morgan fingerprint density at radius 1 is 1.16 bits per heavy atom. The molecule has 0 spiro atoms. The van der Waals surface area contributed by atoms with Gasteiger partial charge in [0.05, 0.1) is 25.7 Å². The van der Waals surface area contributed by atoms with Crippen LogP contribution in [-0.2, 0) is 18.4 Å². The topological polar surface area (TPSA) is 104 Å². The molecule has 0 bridgehead atoms. The second-order valence-electron chi connectivity index (χ2n) is 6.87. The number of imide groups is 1. The second-order valence-corrected chi connectivity index (χ2v) is 7.82. The molecule has 1 N–H and O–H groups in total. The van der Waals surface area contributed by atoms with E-state index >= 15 is 0 Å². The summed E-state index contributed by atoms with van der Waals surface area (Å²) in [7, 11) is 3.34. The van der Waals surface area contributed by atoms with Gasteiger partial charge in [-0.05, 0) is 36.4 Å². The maximum Gasteiger partial charge on any atom is 0.274 e. The van der Waals surface area contributed by atoms with Gasteiger partial charge in [-0.2, -0.15) is 0 Å². The third kappa shape index (κ3) is 4.75. The molecule has 32 heavy (non-hydrogen) atoms. The summed E-state index contributed by atoms with van der Waals surface area (Å²) in [6.45, 7) is 0.388. The largest absolute Gasteiger partial charge is 0.497 e. The number of ether oxygens (including phenoxy) is 1. The van der Waals surface area contributed by atoms with Gasteiger partial charge in [0, 0.05) is 18.8 Å². The molecule has 0 saturated carbocycles. The molecule has 2 amide bonds. The number of methoxy groups -OCH3 is 1. The first kappa shape index (κ1) is 21.4. The number of aryl methyl sites for hydroxylation is 1. The fourth-order valence-electron chi connectivity index (χ4n) is 3.13. The molecule has 0 saturated heterocycles. The molecule has 0 aliphatic carbocycles. The Morgan fingerprint density at radius 2 is 2.03 bits per heavy atom. The number of carbonyl (C=O) groups is 2. The highest BCUT2D eigenvalue weighted by Gasteiger charge is 2.19. The molecule has 164 valence electrons. The van der Waals surface area contributed by atoms with Crippen molar-refractivity contribution in [3.8, 4) is 17.1 Å². The van der Waals surface area contributed by atoms with Gasteiger partial charge in [-0.1, -0.05) is 23.9 Å². The van der Waals surface area contributed by atoms with Crippen LogP contribution in [0.3, 0.4) is 0 Å². The summed E-state index contributed by atoms with van der Waals surface area (Å²) < 4.78 is 14.3. The summed E-state index contributed by atoms with van der Waals surface area (Å²) in [5.41, 5.74) is 1.23. The Bertz CT molecular complexity index is 1230. The third-order valence-electron chi connectivity index (χ3n) is 4.70. The van der Waals surface area contributed by atoms with Crippen molar-refractivity contribution in [1.29, 1.82) is 0 Å². The van der Waals surface area contributed by atoms with Gasteiger partial charge >= 0.3 is 0 Å². The highest BCUT2D eigenvalue weighted by molar-refractivity contribution is 7.99. The molecule has 1 aromatic carbocycles. The number of nitrogens with one attached hydrogen (secondary N) is 1. The fourth-order valence-corrected chi connectivity index (χ4v) is 3.86. The first-order valence-electron chi connectivity index (χ1n) is 9.73. The number of thioether (sulfide) groups is 1. The Hall–Kier alpha value is -3.79. The molecule has 3 heterocycles. The van der Waals surface area contributed by atoms with Crippen molar-refractivity contribution >= 4 is 23.6 Å². The Labute approximate surface area is 188 Å². The van der Waals surface area contributed by atoms with Gasteiger partial charge in [0.15, 0.2) is 11.0 Å². The molecule has 3 aromatic heterocycles. The van der Waals surface area contributed by atoms with Crippen LogP contribution in [0.25, 0.3) is 11.4 Å². The summed E-state index contributed by atoms with van der Waals surface area (Å²) in [6, 6.07) is 14.5. The van der Waals surface area contributed by atoms with Crippen molar-refractivity contribution in [2.24, 2.45) is 7.05 Å². The number of nitrogens with zero attached hydrogens (tertiary/aromatic N) is 4. The number of carbonyl (C=O) groups excluding carboxylic acids is 2. The Balaban J connectivity index is 1.52. The molecule has 0 atom stereocenters. The molecular weight excluding hydrogens is 430 g/mol. The van der Waals surface area contributed by atoms with E-state index in [9.17, 15) is 9.59 Å². The van der Waals surface area contributed by atoms with E-state index in [0.717, 1.165) is 11.3 Å². The lowest BCUT2D eigenvalue weighted by Crippen LogP contribution is -2.33. The van der Waals surface area contributed by atoms with Gasteiger partial charge in [-0.25, -0.2) is 0 Å². The molecule has 4 rings (SSSR count). The zero-order chi connectivity index (χ0) is 22.5. The average Bonchev–Trinajstić information content (AvgIpc) is 3.54. The van der Waals surface area contributed by atoms with Gasteiger partial charge in [0.2, 0.25) is 5.91 Å². The number of hydrogen-bond donors (Lipinski definition) is 1. The van der Waals surface area contributed by atoms with Gasteiger partial charge in [-0.3, -0.25) is 19.5 Å². The monoisotopic (exact) mass is 451 g/mol. The summed E-state index contributed by atoms with van der Waals surface area (Å²) >= 11 is 1.19. The van der Waals surface area contributed by atoms with Crippen molar-refractivity contribution in [3.05, 3.63) is 72.4 Å². The third-order valence-corrected chi connectivity index (χ3v) is 5.67. The normalized spacial score (nSPS) is 10.8. The zero-order valence-corrected chi connectivity index (χ0v) is 18.3. The van der Waals surface area contributed by atoms with Crippen LogP contribution in [0, 0.1) is 0 Å². The lowest BCUT2D eigenvalue weighted by Gasteiger charge is -2.10. The van der Waals surface area contributed by atoms with Crippen LogP contribution >= 0.6 is 11.8 Å². The van der Waals surface area contributed by atoms with Crippen molar-refractivity contribution in [2.45, 2.75) is 11.7 Å². The van der Waals surface area contributed by atoms with E-state index in [2.05, 4.69) is 15.5 Å². The van der Waals surface area contributed by atoms with Gasteiger partial charge < -0.3 is 13.7 Å². The van der Waals surface area contributed by atoms with E-state index in [0.29, 0.717) is 29.0 Å². The lowest BCUT2D eigenvalue weighted by atomic mass is 10.2. The number of rotatable bonds is 8. The van der Waals surface area contributed by atoms with E-state index in [-0.39, 0.29) is 5.75 Å². The van der Waals surface area contributed by atoms with Crippen LogP contribution < -0.4 is 10.1 Å². The van der Waals surface area contributed by atoms with Crippen LogP contribution in [0.15, 0.2) is 70.6 Å². The Kier molecular flexibility index (Phi) is 6.41. The maximum atomic E-state index is 12.4. The molecular formula is C22H21N5O4S. The molecule has 0 aliphatic rings. The molecule has 0 radical (unpaired) electrons. The predicted octanol–water partition coefficient (Wildman–Crippen LogP) is 2.98. The van der Waals surface area contributed by atoms with E-state index in [1.165, 1.54) is 11.8 Å². The predicted molar refractivity (Wildman–Crippen MR) is 118 cm³/mol. The zero-order valence-electron chi connectivity index (χ0n) is 17.5. The van der Waals surface area contributed by atoms with E-state index in [4.69, 9.17) is 9.15 Å². The first-order chi connectivity index (χ1) is 15.5. The number of furan rings is 1. The summed E-state index contributed by atoms with van der Waals surface area (Å²) in [5.74, 6) is 1.17.